The molecule has 0 atom stereocenters. The Labute approximate surface area is 267 Å². The largest absolute Gasteiger partial charge is 0.437 e. The van der Waals surface area contributed by atoms with Crippen LogP contribution < -0.4 is 11.5 Å². The highest BCUT2D eigenvalue weighted by molar-refractivity contribution is 6.22. The maximum absolute atomic E-state index is 12.4. The van der Waals surface area contributed by atoms with E-state index < -0.39 is 0 Å². The minimum Gasteiger partial charge on any atom is -0.437 e. The van der Waals surface area contributed by atoms with Gasteiger partial charge in [0.25, 0.3) is 0 Å². The number of Topliss-reactive ketones (excluding diaryl/α,β-unsaturated/α-hetero) is 1. The zero-order chi connectivity index (χ0) is 30.0. The number of rotatable bonds is 6. The number of benzene rings is 2. The Morgan fingerprint density at radius 1 is 0.800 bits per heavy atom. The standard InChI is InChI=1S/C23H21N3O.C12H13N3O2.ClH/c24-18-13-19-20(15-5-2-1-3-6-15)21(27-22(19)26-14-18)16-7-9-17(10-8-16)23(25)11-4-12-23;16-9-7-8(13-1-2-13)12(17)11(15-5-6-15)10(9)14-3-4-14;/h1-3,5-10,13-14H,4,11-12,24-25H2;7H,1-6H2;1H. The molecule has 0 unspecified atom stereocenters. The molecular weight excluding hydrogens is 588 g/mol. The zero-order valence-electron chi connectivity index (χ0n) is 24.9. The highest BCUT2D eigenvalue weighted by atomic mass is 35.5. The van der Waals surface area contributed by atoms with Crippen molar-refractivity contribution in [1.29, 1.82) is 0 Å². The fourth-order valence-electron chi connectivity index (χ4n) is 6.17. The van der Waals surface area contributed by atoms with Crippen LogP contribution in [0.3, 0.4) is 0 Å². The number of allylic oxidation sites excluding steroid dienone is 1. The van der Waals surface area contributed by atoms with E-state index in [4.69, 9.17) is 15.9 Å². The van der Waals surface area contributed by atoms with Gasteiger partial charge in [0.05, 0.1) is 23.0 Å². The molecule has 3 aliphatic heterocycles. The summed E-state index contributed by atoms with van der Waals surface area (Å²) in [6, 6.07) is 20.6. The molecule has 4 fully saturated rings. The number of furan rings is 1. The van der Waals surface area contributed by atoms with Crippen molar-refractivity contribution in [3.8, 4) is 22.5 Å². The summed E-state index contributed by atoms with van der Waals surface area (Å²) in [4.78, 5) is 34.8. The first-order chi connectivity index (χ1) is 21.4. The Balaban J connectivity index is 0.000000155. The summed E-state index contributed by atoms with van der Waals surface area (Å²) in [5.41, 5.74) is 19.7. The fourth-order valence-corrected chi connectivity index (χ4v) is 6.17. The Hall–Kier alpha value is -4.60. The quantitative estimate of drug-likeness (QED) is 0.233. The van der Waals surface area contributed by atoms with Crippen molar-refractivity contribution in [1.82, 2.24) is 19.7 Å². The number of ketones is 2. The van der Waals surface area contributed by atoms with Gasteiger partial charge in [0.15, 0.2) is 0 Å². The summed E-state index contributed by atoms with van der Waals surface area (Å²) in [6.07, 6.45) is 6.45. The second-order valence-electron chi connectivity index (χ2n) is 12.3. The number of anilines is 1. The van der Waals surface area contributed by atoms with E-state index in [-0.39, 0.29) is 29.5 Å². The number of nitrogens with zero attached hydrogens (tertiary/aromatic N) is 4. The van der Waals surface area contributed by atoms with Crippen LogP contribution in [0.4, 0.5) is 5.69 Å². The molecule has 4 aromatic rings. The van der Waals surface area contributed by atoms with E-state index in [1.807, 2.05) is 39.0 Å². The van der Waals surface area contributed by atoms with Gasteiger partial charge in [-0.2, -0.15) is 0 Å². The summed E-state index contributed by atoms with van der Waals surface area (Å²) < 4.78 is 6.16. The molecule has 2 aromatic heterocycles. The average molecular weight is 623 g/mol. The van der Waals surface area contributed by atoms with Crippen LogP contribution in [0, 0.1) is 0 Å². The number of pyridine rings is 1. The SMILES string of the molecule is Cl.Nc1cnc2oc(-c3ccc(C4(N)CCC4)cc3)c(-c3ccccc3)c2c1.O=C1C=C(N2CC2)C(=O)C(N2CC2)=C1N1CC1. The predicted octanol–water partition coefficient (Wildman–Crippen LogP) is 4.68. The van der Waals surface area contributed by atoms with Crippen molar-refractivity contribution >= 4 is 40.8 Å². The van der Waals surface area contributed by atoms with Crippen molar-refractivity contribution in [3.05, 3.63) is 95.6 Å². The van der Waals surface area contributed by atoms with Gasteiger partial charge in [0.1, 0.15) is 17.2 Å². The van der Waals surface area contributed by atoms with Gasteiger partial charge in [-0.25, -0.2) is 4.98 Å². The first-order valence-corrected chi connectivity index (χ1v) is 15.3. The molecule has 230 valence electrons. The second-order valence-corrected chi connectivity index (χ2v) is 12.3. The third kappa shape index (κ3) is 5.36. The van der Waals surface area contributed by atoms with Crippen molar-refractivity contribution < 1.29 is 14.0 Å². The Morgan fingerprint density at radius 2 is 1.44 bits per heavy atom. The molecule has 5 aliphatic rings. The second kappa shape index (κ2) is 11.1. The normalized spacial score (nSPS) is 19.4. The first-order valence-electron chi connectivity index (χ1n) is 15.3. The number of nitrogens with two attached hydrogens (primary N) is 2. The van der Waals surface area contributed by atoms with E-state index in [2.05, 4.69) is 41.4 Å². The monoisotopic (exact) mass is 622 g/mol. The number of halogens is 1. The number of hydrogen-bond acceptors (Lipinski definition) is 9. The van der Waals surface area contributed by atoms with Gasteiger partial charge in [-0.05, 0) is 36.5 Å². The van der Waals surface area contributed by atoms with Crippen molar-refractivity contribution in [2.75, 3.05) is 45.0 Å². The van der Waals surface area contributed by atoms with Crippen molar-refractivity contribution in [2.24, 2.45) is 5.73 Å². The molecule has 1 saturated carbocycles. The van der Waals surface area contributed by atoms with Crippen LogP contribution in [-0.4, -0.2) is 70.5 Å². The van der Waals surface area contributed by atoms with Crippen molar-refractivity contribution in [2.45, 2.75) is 24.8 Å². The molecule has 10 heteroatoms. The van der Waals surface area contributed by atoms with E-state index in [9.17, 15) is 9.59 Å². The van der Waals surface area contributed by atoms with Crippen LogP contribution in [0.25, 0.3) is 33.6 Å². The van der Waals surface area contributed by atoms with Crippen LogP contribution >= 0.6 is 12.4 Å². The maximum Gasteiger partial charge on any atom is 0.227 e. The van der Waals surface area contributed by atoms with Crippen LogP contribution in [0.1, 0.15) is 24.8 Å². The van der Waals surface area contributed by atoms with Crippen LogP contribution in [0.2, 0.25) is 0 Å². The summed E-state index contributed by atoms with van der Waals surface area (Å²) in [7, 11) is 0. The lowest BCUT2D eigenvalue weighted by atomic mass is 9.72. The Morgan fingerprint density at radius 3 is 2.04 bits per heavy atom. The molecule has 0 radical (unpaired) electrons. The van der Waals surface area contributed by atoms with Crippen LogP contribution in [-0.2, 0) is 15.1 Å². The lowest BCUT2D eigenvalue weighted by Gasteiger charge is -2.38. The number of carbonyl (C=O) groups excluding carboxylic acids is 2. The van der Waals surface area contributed by atoms with Gasteiger partial charge >= 0.3 is 0 Å². The molecule has 9 rings (SSSR count). The number of nitrogen functional groups attached to an aromatic ring is 1. The predicted molar refractivity (Wildman–Crippen MR) is 176 cm³/mol. The number of fused-ring (bicyclic) bond motifs is 1. The van der Waals surface area contributed by atoms with Gasteiger partial charge in [-0.3, -0.25) is 9.59 Å². The van der Waals surface area contributed by atoms with E-state index in [1.165, 1.54) is 18.1 Å². The average Bonchev–Trinajstić information content (AvgIpc) is 3.87. The maximum atomic E-state index is 12.4. The van der Waals surface area contributed by atoms with E-state index in [1.54, 1.807) is 6.20 Å². The van der Waals surface area contributed by atoms with Crippen LogP contribution in [0.5, 0.6) is 0 Å². The van der Waals surface area contributed by atoms with E-state index >= 15 is 0 Å². The molecule has 0 amide bonds. The van der Waals surface area contributed by atoms with E-state index in [0.717, 1.165) is 79.9 Å². The van der Waals surface area contributed by atoms with Gasteiger partial charge in [-0.15, -0.1) is 12.4 Å². The van der Waals surface area contributed by atoms with Gasteiger partial charge in [0, 0.05) is 62.0 Å². The van der Waals surface area contributed by atoms with E-state index in [0.29, 0.717) is 28.5 Å². The Kier molecular flexibility index (Phi) is 7.17. The summed E-state index contributed by atoms with van der Waals surface area (Å²) in [6.45, 7) is 5.41. The summed E-state index contributed by atoms with van der Waals surface area (Å²) >= 11 is 0. The summed E-state index contributed by atoms with van der Waals surface area (Å²) in [5.74, 6) is 0.855. The third-order valence-electron chi connectivity index (χ3n) is 9.09. The molecule has 2 aliphatic carbocycles. The molecule has 45 heavy (non-hydrogen) atoms. The fraction of sp³-hybridized carbons (Fsp3) is 0.286. The van der Waals surface area contributed by atoms with Crippen LogP contribution in [0.15, 0.2) is 94.4 Å². The molecule has 4 N–H and O–H groups in total. The highest BCUT2D eigenvalue weighted by Gasteiger charge is 2.43. The molecule has 0 bridgehead atoms. The minimum absolute atomic E-state index is 0. The van der Waals surface area contributed by atoms with Gasteiger partial charge < -0.3 is 30.6 Å². The molecule has 3 saturated heterocycles. The molecular formula is C35H35ClN6O3. The van der Waals surface area contributed by atoms with Gasteiger partial charge in [-0.1, -0.05) is 54.6 Å². The minimum atomic E-state index is -0.162. The summed E-state index contributed by atoms with van der Waals surface area (Å²) in [5, 5.41) is 0.926. The first kappa shape index (κ1) is 29.1. The van der Waals surface area contributed by atoms with Gasteiger partial charge in [0.2, 0.25) is 17.3 Å². The highest BCUT2D eigenvalue weighted by Crippen LogP contribution is 2.43. The third-order valence-corrected chi connectivity index (χ3v) is 9.09. The molecule has 9 nitrogen and oxygen atoms in total. The molecule has 0 spiro atoms. The van der Waals surface area contributed by atoms with Crippen molar-refractivity contribution in [3.63, 3.8) is 0 Å². The number of hydrogen-bond donors (Lipinski definition) is 2. The smallest absolute Gasteiger partial charge is 0.227 e. The number of aromatic nitrogens is 1. The Bertz CT molecular complexity index is 1860. The lowest BCUT2D eigenvalue weighted by Crippen LogP contribution is -2.43. The topological polar surface area (TPSA) is 121 Å². The zero-order valence-corrected chi connectivity index (χ0v) is 25.7. The molecule has 5 heterocycles. The lowest BCUT2D eigenvalue weighted by molar-refractivity contribution is -0.117. The number of carbonyl (C=O) groups is 2. The molecule has 2 aromatic carbocycles.